The second kappa shape index (κ2) is 5.83. The van der Waals surface area contributed by atoms with E-state index in [-0.39, 0.29) is 11.4 Å². The third-order valence-corrected chi connectivity index (χ3v) is 4.07. The highest BCUT2D eigenvalue weighted by atomic mass is 16.5. The van der Waals surface area contributed by atoms with Gasteiger partial charge in [-0.05, 0) is 45.1 Å². The molecule has 0 aliphatic carbocycles. The largest absolute Gasteiger partial charge is 0.381 e. The number of nitrogens with one attached hydrogen (secondary N) is 2. The minimum atomic E-state index is -0.298. The average Bonchev–Trinajstić information content (AvgIpc) is 2.70. The van der Waals surface area contributed by atoms with E-state index in [1.807, 2.05) is 0 Å². The Labute approximate surface area is 103 Å². The molecule has 98 valence electrons. The van der Waals surface area contributed by atoms with E-state index < -0.39 is 0 Å². The van der Waals surface area contributed by atoms with Crippen LogP contribution >= 0.6 is 0 Å². The fraction of sp³-hybridized carbons (Fsp3) is 0.923. The molecule has 2 saturated heterocycles. The van der Waals surface area contributed by atoms with Gasteiger partial charge < -0.3 is 15.4 Å². The number of carbonyl (C=O) groups excluding carboxylic acids is 1. The molecule has 2 aliphatic rings. The Bertz CT molecular complexity index is 254. The molecule has 0 aromatic heterocycles. The summed E-state index contributed by atoms with van der Waals surface area (Å²) < 4.78 is 5.42. The van der Waals surface area contributed by atoms with Crippen LogP contribution in [0, 0.1) is 0 Å². The van der Waals surface area contributed by atoms with Crippen LogP contribution in [0.15, 0.2) is 0 Å². The molecule has 0 spiro atoms. The van der Waals surface area contributed by atoms with Crippen LogP contribution in [0.25, 0.3) is 0 Å². The maximum atomic E-state index is 12.4. The Kier molecular flexibility index (Phi) is 4.40. The maximum Gasteiger partial charge on any atom is 0.240 e. The van der Waals surface area contributed by atoms with E-state index >= 15 is 0 Å². The third kappa shape index (κ3) is 2.99. The van der Waals surface area contributed by atoms with Crippen LogP contribution in [0.3, 0.4) is 0 Å². The van der Waals surface area contributed by atoms with Gasteiger partial charge in [0.25, 0.3) is 0 Å². The van der Waals surface area contributed by atoms with Crippen molar-refractivity contribution in [2.75, 3.05) is 19.8 Å². The van der Waals surface area contributed by atoms with Gasteiger partial charge in [0.2, 0.25) is 5.91 Å². The first-order valence-corrected chi connectivity index (χ1v) is 6.90. The molecule has 0 aromatic carbocycles. The Hall–Kier alpha value is -0.610. The normalized spacial score (nSPS) is 34.3. The summed E-state index contributed by atoms with van der Waals surface area (Å²) in [6.45, 7) is 4.67. The van der Waals surface area contributed by atoms with E-state index in [0.29, 0.717) is 6.04 Å². The highest BCUT2D eigenvalue weighted by molar-refractivity contribution is 5.86. The second-order valence-corrected chi connectivity index (χ2v) is 5.18. The molecule has 0 aromatic rings. The Balaban J connectivity index is 1.90. The van der Waals surface area contributed by atoms with E-state index in [9.17, 15) is 4.79 Å². The van der Waals surface area contributed by atoms with Crippen molar-refractivity contribution in [3.8, 4) is 0 Å². The highest BCUT2D eigenvalue weighted by Crippen LogP contribution is 2.23. The van der Waals surface area contributed by atoms with Crippen molar-refractivity contribution in [1.29, 1.82) is 0 Å². The van der Waals surface area contributed by atoms with Gasteiger partial charge in [-0.1, -0.05) is 6.92 Å². The van der Waals surface area contributed by atoms with E-state index in [1.165, 1.54) is 0 Å². The molecule has 17 heavy (non-hydrogen) atoms. The van der Waals surface area contributed by atoms with E-state index in [1.54, 1.807) is 0 Å². The lowest BCUT2D eigenvalue weighted by molar-refractivity contribution is -0.128. The van der Waals surface area contributed by atoms with Gasteiger partial charge in [-0.3, -0.25) is 4.79 Å². The lowest BCUT2D eigenvalue weighted by Gasteiger charge is -2.29. The van der Waals surface area contributed by atoms with Crippen molar-refractivity contribution in [3.05, 3.63) is 0 Å². The standard InChI is InChI=1S/C13H24N2O2/c1-2-13(7-4-8-14-13)12(16)15-11-5-3-9-17-10-6-11/h11,14H,2-10H2,1H3,(H,15,16). The van der Waals surface area contributed by atoms with Crippen molar-refractivity contribution < 1.29 is 9.53 Å². The second-order valence-electron chi connectivity index (χ2n) is 5.18. The topological polar surface area (TPSA) is 50.4 Å². The van der Waals surface area contributed by atoms with Gasteiger partial charge in [0, 0.05) is 19.3 Å². The molecular weight excluding hydrogens is 216 g/mol. The van der Waals surface area contributed by atoms with E-state index in [4.69, 9.17) is 4.74 Å². The molecule has 0 saturated carbocycles. The summed E-state index contributed by atoms with van der Waals surface area (Å²) in [5.74, 6) is 0.199. The molecule has 2 unspecified atom stereocenters. The van der Waals surface area contributed by atoms with Gasteiger partial charge >= 0.3 is 0 Å². The lowest BCUT2D eigenvalue weighted by atomic mass is 9.92. The van der Waals surface area contributed by atoms with Crippen molar-refractivity contribution in [1.82, 2.24) is 10.6 Å². The van der Waals surface area contributed by atoms with Crippen LogP contribution in [-0.2, 0) is 9.53 Å². The van der Waals surface area contributed by atoms with Gasteiger partial charge in [0.1, 0.15) is 0 Å². The zero-order valence-corrected chi connectivity index (χ0v) is 10.8. The van der Waals surface area contributed by atoms with Crippen molar-refractivity contribution in [2.45, 2.75) is 57.0 Å². The molecule has 4 nitrogen and oxygen atoms in total. The van der Waals surface area contributed by atoms with Gasteiger partial charge in [0.05, 0.1) is 5.54 Å². The molecule has 2 heterocycles. The van der Waals surface area contributed by atoms with Gasteiger partial charge in [-0.15, -0.1) is 0 Å². The number of carbonyl (C=O) groups is 1. The van der Waals surface area contributed by atoms with Crippen molar-refractivity contribution in [3.63, 3.8) is 0 Å². The molecule has 0 bridgehead atoms. The van der Waals surface area contributed by atoms with Crippen LogP contribution < -0.4 is 10.6 Å². The van der Waals surface area contributed by atoms with Gasteiger partial charge in [-0.2, -0.15) is 0 Å². The molecule has 2 rings (SSSR count). The summed E-state index contributed by atoms with van der Waals surface area (Å²) in [5, 5.41) is 6.59. The number of rotatable bonds is 3. The number of ether oxygens (including phenoxy) is 1. The van der Waals surface area contributed by atoms with Gasteiger partial charge in [0.15, 0.2) is 0 Å². The smallest absolute Gasteiger partial charge is 0.240 e. The monoisotopic (exact) mass is 240 g/mol. The molecule has 4 heteroatoms. The van der Waals surface area contributed by atoms with E-state index in [2.05, 4.69) is 17.6 Å². The summed E-state index contributed by atoms with van der Waals surface area (Å²) >= 11 is 0. The Morgan fingerprint density at radius 2 is 2.29 bits per heavy atom. The highest BCUT2D eigenvalue weighted by Gasteiger charge is 2.39. The zero-order valence-electron chi connectivity index (χ0n) is 10.8. The van der Waals surface area contributed by atoms with Crippen LogP contribution in [-0.4, -0.2) is 37.2 Å². The summed E-state index contributed by atoms with van der Waals surface area (Å²) in [6.07, 6.45) is 6.00. The first kappa shape index (κ1) is 12.8. The molecule has 2 N–H and O–H groups in total. The lowest BCUT2D eigenvalue weighted by Crippen LogP contribution is -2.55. The summed E-state index contributed by atoms with van der Waals surface area (Å²) in [7, 11) is 0. The number of hydrogen-bond acceptors (Lipinski definition) is 3. The Morgan fingerprint density at radius 3 is 3.00 bits per heavy atom. The van der Waals surface area contributed by atoms with Crippen LogP contribution in [0.5, 0.6) is 0 Å². The first-order valence-electron chi connectivity index (χ1n) is 6.90. The minimum absolute atomic E-state index is 0.199. The molecule has 1 amide bonds. The first-order chi connectivity index (χ1) is 8.27. The maximum absolute atomic E-state index is 12.4. The molecule has 0 radical (unpaired) electrons. The Morgan fingerprint density at radius 1 is 1.41 bits per heavy atom. The zero-order chi connectivity index (χ0) is 12.1. The van der Waals surface area contributed by atoms with Gasteiger partial charge in [-0.25, -0.2) is 0 Å². The van der Waals surface area contributed by atoms with Crippen molar-refractivity contribution >= 4 is 5.91 Å². The number of amides is 1. The fourth-order valence-corrected chi connectivity index (χ4v) is 2.83. The summed E-state index contributed by atoms with van der Waals surface area (Å²) in [6, 6.07) is 0.302. The molecule has 2 aliphatic heterocycles. The van der Waals surface area contributed by atoms with Crippen molar-refractivity contribution in [2.24, 2.45) is 0 Å². The average molecular weight is 240 g/mol. The third-order valence-electron chi connectivity index (χ3n) is 4.07. The van der Waals surface area contributed by atoms with E-state index in [0.717, 1.165) is 58.3 Å². The minimum Gasteiger partial charge on any atom is -0.381 e. The summed E-state index contributed by atoms with van der Waals surface area (Å²) in [4.78, 5) is 12.4. The predicted octanol–water partition coefficient (Wildman–Crippen LogP) is 1.20. The molecule has 2 atom stereocenters. The fourth-order valence-electron chi connectivity index (χ4n) is 2.83. The SMILES string of the molecule is CCC1(C(=O)NC2CCCOCC2)CCCN1. The van der Waals surface area contributed by atoms with Crippen LogP contribution in [0.2, 0.25) is 0 Å². The number of hydrogen-bond donors (Lipinski definition) is 2. The molecule has 2 fully saturated rings. The van der Waals surface area contributed by atoms with Crippen LogP contribution in [0.1, 0.15) is 45.4 Å². The molecular formula is C13H24N2O2. The predicted molar refractivity (Wildman–Crippen MR) is 66.9 cm³/mol. The van der Waals surface area contributed by atoms with Crippen LogP contribution in [0.4, 0.5) is 0 Å². The quantitative estimate of drug-likeness (QED) is 0.779. The summed E-state index contributed by atoms with van der Waals surface area (Å²) in [5.41, 5.74) is -0.298.